The van der Waals surface area contributed by atoms with Crippen molar-refractivity contribution in [3.05, 3.63) is 33.2 Å². The van der Waals surface area contributed by atoms with Crippen LogP contribution in [0.2, 0.25) is 0 Å². The Labute approximate surface area is 177 Å². The van der Waals surface area contributed by atoms with E-state index >= 15 is 4.39 Å². The van der Waals surface area contributed by atoms with Crippen LogP contribution >= 0.6 is 0 Å². The number of nitrogen functional groups attached to an aromatic ring is 1. The molecule has 0 bridgehead atoms. The Morgan fingerprint density at radius 1 is 1.39 bits per heavy atom. The molecule has 1 aromatic heterocycles. The Bertz CT molecular complexity index is 930. The maximum atomic E-state index is 15.6. The topological polar surface area (TPSA) is 171 Å². The Morgan fingerprint density at radius 2 is 2.03 bits per heavy atom. The number of nitrogens with two attached hydrogens (primary N) is 1. The molecule has 170 valence electrons. The molecule has 1 saturated heterocycles. The van der Waals surface area contributed by atoms with Gasteiger partial charge in [0.25, 0.3) is 0 Å². The predicted molar refractivity (Wildman–Crippen MR) is 105 cm³/mol. The normalized spacial score (nSPS) is 25.3. The van der Waals surface area contributed by atoms with Gasteiger partial charge in [0.1, 0.15) is 12.4 Å². The summed E-state index contributed by atoms with van der Waals surface area (Å²) in [5.41, 5.74) is 11.5. The minimum atomic E-state index is -2.07. The monoisotopic (exact) mass is 440 g/mol. The summed E-state index contributed by atoms with van der Waals surface area (Å²) in [7, 11) is 0. The zero-order valence-electron chi connectivity index (χ0n) is 17.6. The lowest BCUT2D eigenvalue weighted by molar-refractivity contribution is -0.179. The third-order valence-corrected chi connectivity index (χ3v) is 4.61. The highest BCUT2D eigenvalue weighted by Gasteiger charge is 2.59. The molecule has 1 aromatic rings. The summed E-state index contributed by atoms with van der Waals surface area (Å²) in [4.78, 5) is 42.7. The first-order valence-corrected chi connectivity index (χ1v) is 9.57. The number of carbonyl (C=O) groups is 2. The number of nitrogens with zero attached hydrogens (tertiary/aromatic N) is 5. The zero-order valence-corrected chi connectivity index (χ0v) is 17.6. The molecule has 0 unspecified atom stereocenters. The molecule has 0 amide bonds. The van der Waals surface area contributed by atoms with Crippen LogP contribution in [0.25, 0.3) is 10.4 Å². The van der Waals surface area contributed by atoms with E-state index < -0.39 is 66.7 Å². The van der Waals surface area contributed by atoms with Crippen LogP contribution < -0.4 is 11.4 Å². The molecule has 1 aliphatic rings. The molecule has 13 heteroatoms. The molecule has 1 fully saturated rings. The fourth-order valence-corrected chi connectivity index (χ4v) is 2.88. The van der Waals surface area contributed by atoms with E-state index in [1.165, 1.54) is 12.3 Å². The molecular formula is C18H25FN6O6. The van der Waals surface area contributed by atoms with Crippen LogP contribution in [-0.4, -0.2) is 52.5 Å². The zero-order chi connectivity index (χ0) is 23.3. The number of alkyl halides is 1. The lowest BCUT2D eigenvalue weighted by Crippen LogP contribution is -2.52. The number of ether oxygens (including phenoxy) is 3. The summed E-state index contributed by atoms with van der Waals surface area (Å²) in [6.07, 6.45) is -4.13. The van der Waals surface area contributed by atoms with Crippen molar-refractivity contribution in [1.29, 1.82) is 0 Å². The summed E-state index contributed by atoms with van der Waals surface area (Å²) in [5.74, 6) is -2.56. The van der Waals surface area contributed by atoms with Gasteiger partial charge in [-0.1, -0.05) is 32.8 Å². The Hall–Kier alpha value is -3.18. The maximum Gasteiger partial charge on any atom is 0.351 e. The van der Waals surface area contributed by atoms with E-state index in [-0.39, 0.29) is 5.82 Å². The van der Waals surface area contributed by atoms with Crippen molar-refractivity contribution in [1.82, 2.24) is 9.55 Å². The van der Waals surface area contributed by atoms with E-state index in [2.05, 4.69) is 15.0 Å². The summed E-state index contributed by atoms with van der Waals surface area (Å²) in [5, 5.41) is 3.43. The van der Waals surface area contributed by atoms with Crippen LogP contribution in [0.5, 0.6) is 0 Å². The van der Waals surface area contributed by atoms with E-state index in [1.54, 1.807) is 27.7 Å². The van der Waals surface area contributed by atoms with Gasteiger partial charge in [0.05, 0.1) is 18.4 Å². The van der Waals surface area contributed by atoms with Crippen LogP contribution in [0, 0.1) is 11.8 Å². The van der Waals surface area contributed by atoms with E-state index in [0.29, 0.717) is 0 Å². The second-order valence-corrected chi connectivity index (χ2v) is 7.72. The van der Waals surface area contributed by atoms with Crippen molar-refractivity contribution in [3.63, 3.8) is 0 Å². The second kappa shape index (κ2) is 9.75. The third-order valence-electron chi connectivity index (χ3n) is 4.61. The number of anilines is 1. The van der Waals surface area contributed by atoms with Gasteiger partial charge in [-0.2, -0.15) is 4.98 Å². The molecule has 0 aromatic carbocycles. The number of aromatic nitrogens is 2. The number of hydrogen-bond donors (Lipinski definition) is 1. The predicted octanol–water partition coefficient (Wildman–Crippen LogP) is 1.51. The Balaban J connectivity index is 2.51. The van der Waals surface area contributed by atoms with Gasteiger partial charge in [-0.25, -0.2) is 9.18 Å². The Kier molecular flexibility index (Phi) is 7.58. The van der Waals surface area contributed by atoms with Gasteiger partial charge < -0.3 is 19.9 Å². The van der Waals surface area contributed by atoms with E-state index in [1.807, 2.05) is 0 Å². The molecule has 31 heavy (non-hydrogen) atoms. The van der Waals surface area contributed by atoms with Crippen LogP contribution in [0.1, 0.15) is 33.9 Å². The lowest BCUT2D eigenvalue weighted by Gasteiger charge is -2.32. The van der Waals surface area contributed by atoms with Gasteiger partial charge in [-0.15, -0.1) is 0 Å². The highest BCUT2D eigenvalue weighted by atomic mass is 19.1. The molecule has 12 nitrogen and oxygen atoms in total. The van der Waals surface area contributed by atoms with E-state index in [4.69, 9.17) is 25.5 Å². The molecule has 4 atom stereocenters. The number of esters is 2. The minimum absolute atomic E-state index is 0.0800. The molecule has 0 aliphatic carbocycles. The van der Waals surface area contributed by atoms with Crippen LogP contribution in [0.3, 0.4) is 0 Å². The standard InChI is InChI=1S/C18H25FN6O6/c1-9(2)15(26)29-8-18(7-22-24-21)13(30-16(27)10(3)4)12(19)14(31-18)25-6-5-11(20)23-17(25)28/h5-6,9-10,12-14H,7-8H2,1-4H3,(H2,20,23,28)/t12-,13+,14-,18-/m1/s1. The summed E-state index contributed by atoms with van der Waals surface area (Å²) in [6, 6.07) is 1.26. The van der Waals surface area contributed by atoms with Crippen LogP contribution in [0.4, 0.5) is 10.2 Å². The van der Waals surface area contributed by atoms with Gasteiger partial charge in [0.2, 0.25) is 0 Å². The molecule has 2 heterocycles. The molecular weight excluding hydrogens is 415 g/mol. The number of carbonyl (C=O) groups excluding carboxylic acids is 2. The van der Waals surface area contributed by atoms with Gasteiger partial charge in [0, 0.05) is 11.1 Å². The van der Waals surface area contributed by atoms with Crippen molar-refractivity contribution in [2.75, 3.05) is 18.9 Å². The molecule has 0 saturated carbocycles. The second-order valence-electron chi connectivity index (χ2n) is 7.72. The lowest BCUT2D eigenvalue weighted by atomic mass is 9.96. The van der Waals surface area contributed by atoms with Gasteiger partial charge in [-0.05, 0) is 11.6 Å². The number of azide groups is 1. The van der Waals surface area contributed by atoms with Gasteiger partial charge in [0.15, 0.2) is 24.1 Å². The van der Waals surface area contributed by atoms with Crippen molar-refractivity contribution >= 4 is 17.8 Å². The first-order valence-electron chi connectivity index (χ1n) is 9.57. The van der Waals surface area contributed by atoms with Gasteiger partial charge in [-0.3, -0.25) is 14.2 Å². The summed E-state index contributed by atoms with van der Waals surface area (Å²) in [6.45, 7) is 5.17. The van der Waals surface area contributed by atoms with Crippen molar-refractivity contribution in [3.8, 4) is 0 Å². The maximum absolute atomic E-state index is 15.6. The minimum Gasteiger partial charge on any atom is -0.462 e. The Morgan fingerprint density at radius 3 is 2.58 bits per heavy atom. The SMILES string of the molecule is CC(C)C(=O)OC[C@@]1(CN=[N+]=[N-])O[C@@H](n2ccc(N)nc2=O)[C@H](F)[C@@H]1OC(=O)C(C)C. The fourth-order valence-electron chi connectivity index (χ4n) is 2.88. The number of hydrogen-bond acceptors (Lipinski definition) is 9. The molecule has 2 N–H and O–H groups in total. The first kappa shape index (κ1) is 24.1. The molecule has 0 radical (unpaired) electrons. The van der Waals surface area contributed by atoms with Crippen molar-refractivity contribution in [2.45, 2.75) is 51.8 Å². The third kappa shape index (κ3) is 5.30. The van der Waals surface area contributed by atoms with Crippen molar-refractivity contribution < 1.29 is 28.2 Å². The quantitative estimate of drug-likeness (QED) is 0.274. The highest BCUT2D eigenvalue weighted by Crippen LogP contribution is 2.41. The smallest absolute Gasteiger partial charge is 0.351 e. The number of rotatable bonds is 8. The molecule has 0 spiro atoms. The first-order chi connectivity index (χ1) is 14.5. The van der Waals surface area contributed by atoms with Crippen LogP contribution in [-0.2, 0) is 23.8 Å². The largest absolute Gasteiger partial charge is 0.462 e. The average Bonchev–Trinajstić information content (AvgIpc) is 2.96. The molecule has 2 rings (SSSR count). The molecule has 1 aliphatic heterocycles. The highest BCUT2D eigenvalue weighted by molar-refractivity contribution is 5.72. The summed E-state index contributed by atoms with van der Waals surface area (Å²) < 4.78 is 32.7. The van der Waals surface area contributed by atoms with E-state index in [0.717, 1.165) is 4.57 Å². The number of halogens is 1. The van der Waals surface area contributed by atoms with Gasteiger partial charge >= 0.3 is 17.6 Å². The fraction of sp³-hybridized carbons (Fsp3) is 0.667. The van der Waals surface area contributed by atoms with Crippen LogP contribution in [0.15, 0.2) is 22.2 Å². The summed E-state index contributed by atoms with van der Waals surface area (Å²) >= 11 is 0. The van der Waals surface area contributed by atoms with E-state index in [9.17, 15) is 14.4 Å². The average molecular weight is 440 g/mol. The van der Waals surface area contributed by atoms with Crippen molar-refractivity contribution in [2.24, 2.45) is 17.0 Å².